The Labute approximate surface area is 128 Å². The van der Waals surface area contributed by atoms with Crippen molar-refractivity contribution in [2.45, 2.75) is 46.1 Å². The van der Waals surface area contributed by atoms with E-state index in [0.29, 0.717) is 6.54 Å². The first-order valence-corrected chi connectivity index (χ1v) is 7.16. The highest BCUT2D eigenvalue weighted by molar-refractivity contribution is 5.85. The molecule has 1 amide bonds. The number of carbonyl (C=O) groups is 1. The van der Waals surface area contributed by atoms with E-state index in [-0.39, 0.29) is 23.7 Å². The molecule has 0 heterocycles. The monoisotopic (exact) mass is 298 g/mol. The molecule has 0 aliphatic rings. The van der Waals surface area contributed by atoms with Crippen LogP contribution in [0.2, 0.25) is 0 Å². The van der Waals surface area contributed by atoms with E-state index in [2.05, 4.69) is 26.1 Å². The van der Waals surface area contributed by atoms with Gasteiger partial charge in [0.2, 0.25) is 5.91 Å². The molecule has 4 heteroatoms. The van der Waals surface area contributed by atoms with Crippen LogP contribution in [0.15, 0.2) is 30.3 Å². The third kappa shape index (κ3) is 4.80. The summed E-state index contributed by atoms with van der Waals surface area (Å²) in [5.41, 5.74) is 7.04. The fourth-order valence-corrected chi connectivity index (χ4v) is 2.32. The predicted octanol–water partition coefficient (Wildman–Crippen LogP) is 3.44. The van der Waals surface area contributed by atoms with E-state index < -0.39 is 6.04 Å². The highest BCUT2D eigenvalue weighted by Crippen LogP contribution is 2.29. The van der Waals surface area contributed by atoms with Crippen LogP contribution in [0.4, 0.5) is 0 Å². The predicted molar refractivity (Wildman–Crippen MR) is 86.9 cm³/mol. The maximum absolute atomic E-state index is 12.1. The van der Waals surface area contributed by atoms with Crippen LogP contribution in [-0.4, -0.2) is 12.5 Å². The van der Waals surface area contributed by atoms with Gasteiger partial charge in [0.05, 0.1) is 0 Å². The number of hydrogen-bond acceptors (Lipinski definition) is 2. The summed E-state index contributed by atoms with van der Waals surface area (Å²) >= 11 is 0. The number of nitrogens with one attached hydrogen (secondary N) is 1. The number of benzene rings is 1. The zero-order chi connectivity index (χ0) is 14.3. The second-order valence-corrected chi connectivity index (χ2v) is 5.17. The van der Waals surface area contributed by atoms with Crippen LogP contribution >= 0.6 is 12.4 Å². The summed E-state index contributed by atoms with van der Waals surface area (Å²) in [5.74, 6) is -0.0917. The van der Waals surface area contributed by atoms with Crippen LogP contribution in [-0.2, 0) is 4.79 Å². The fraction of sp³-hybridized carbons (Fsp3) is 0.562. The quantitative estimate of drug-likeness (QED) is 0.810. The maximum atomic E-state index is 12.1. The summed E-state index contributed by atoms with van der Waals surface area (Å²) in [4.78, 5) is 12.1. The Kier molecular flexibility index (Phi) is 8.51. The van der Waals surface area contributed by atoms with Crippen LogP contribution < -0.4 is 11.1 Å². The summed E-state index contributed by atoms with van der Waals surface area (Å²) in [6, 6.07) is 8.91. The Hall–Kier alpha value is -1.06. The molecule has 0 bridgehead atoms. The molecule has 0 aromatic heterocycles. The molecule has 0 aliphatic carbocycles. The molecular formula is C16H27ClN2O. The smallest absolute Gasteiger partial charge is 0.241 e. The van der Waals surface area contributed by atoms with Gasteiger partial charge in [-0.15, -0.1) is 12.4 Å². The number of halogens is 1. The molecule has 0 fully saturated rings. The van der Waals surface area contributed by atoms with Gasteiger partial charge in [-0.1, -0.05) is 51.1 Å². The molecule has 1 aromatic rings. The van der Waals surface area contributed by atoms with Gasteiger partial charge in [-0.25, -0.2) is 0 Å². The number of carbonyl (C=O) groups excluding carboxylic acids is 1. The maximum Gasteiger partial charge on any atom is 0.241 e. The van der Waals surface area contributed by atoms with Crippen molar-refractivity contribution < 1.29 is 4.79 Å². The lowest BCUT2D eigenvalue weighted by Crippen LogP contribution is -2.41. The number of amides is 1. The Bertz CT molecular complexity index is 382. The first-order valence-electron chi connectivity index (χ1n) is 7.16. The van der Waals surface area contributed by atoms with Crippen molar-refractivity contribution in [3.8, 4) is 0 Å². The molecule has 1 atom stereocenters. The minimum absolute atomic E-state index is 0. The van der Waals surface area contributed by atoms with Crippen LogP contribution in [0.25, 0.3) is 0 Å². The lowest BCUT2D eigenvalue weighted by Gasteiger charge is -2.31. The Balaban J connectivity index is 0.00000361. The summed E-state index contributed by atoms with van der Waals surface area (Å²) in [7, 11) is 0. The average Bonchev–Trinajstić information content (AvgIpc) is 2.49. The van der Waals surface area contributed by atoms with Gasteiger partial charge in [0, 0.05) is 6.54 Å². The van der Waals surface area contributed by atoms with Gasteiger partial charge in [0.25, 0.3) is 0 Å². The SMILES string of the molecule is CCC(CC)(CC)CNC(=O)C(N)c1ccccc1.Cl. The van der Waals surface area contributed by atoms with Gasteiger partial charge in [-0.3, -0.25) is 4.79 Å². The molecule has 1 unspecified atom stereocenters. The average molecular weight is 299 g/mol. The van der Waals surface area contributed by atoms with Crippen molar-refractivity contribution in [3.05, 3.63) is 35.9 Å². The zero-order valence-electron chi connectivity index (χ0n) is 12.7. The second-order valence-electron chi connectivity index (χ2n) is 5.17. The van der Waals surface area contributed by atoms with Crippen molar-refractivity contribution in [1.29, 1.82) is 0 Å². The van der Waals surface area contributed by atoms with E-state index in [0.717, 1.165) is 24.8 Å². The van der Waals surface area contributed by atoms with Crippen LogP contribution in [0, 0.1) is 5.41 Å². The fourth-order valence-electron chi connectivity index (χ4n) is 2.32. The highest BCUT2D eigenvalue weighted by atomic mass is 35.5. The lowest BCUT2D eigenvalue weighted by atomic mass is 9.80. The molecule has 20 heavy (non-hydrogen) atoms. The molecule has 0 spiro atoms. The van der Waals surface area contributed by atoms with Gasteiger partial charge < -0.3 is 11.1 Å². The molecule has 114 valence electrons. The molecule has 3 N–H and O–H groups in total. The minimum atomic E-state index is -0.579. The molecule has 0 saturated carbocycles. The number of hydrogen-bond donors (Lipinski definition) is 2. The van der Waals surface area contributed by atoms with Crippen molar-refractivity contribution in [2.75, 3.05) is 6.54 Å². The molecule has 1 rings (SSSR count). The van der Waals surface area contributed by atoms with Crippen LogP contribution in [0.3, 0.4) is 0 Å². The molecule has 0 radical (unpaired) electrons. The first kappa shape index (κ1) is 18.9. The van der Waals surface area contributed by atoms with Gasteiger partial charge in [0.1, 0.15) is 6.04 Å². The molecule has 1 aromatic carbocycles. The van der Waals surface area contributed by atoms with Gasteiger partial charge in [-0.2, -0.15) is 0 Å². The third-order valence-electron chi connectivity index (χ3n) is 4.33. The van der Waals surface area contributed by atoms with Crippen molar-refractivity contribution >= 4 is 18.3 Å². The van der Waals surface area contributed by atoms with E-state index in [1.165, 1.54) is 0 Å². The van der Waals surface area contributed by atoms with E-state index in [1.807, 2.05) is 30.3 Å². The van der Waals surface area contributed by atoms with E-state index >= 15 is 0 Å². The first-order chi connectivity index (χ1) is 9.08. The van der Waals surface area contributed by atoms with E-state index in [1.54, 1.807) is 0 Å². The zero-order valence-corrected chi connectivity index (χ0v) is 13.5. The van der Waals surface area contributed by atoms with Gasteiger partial charge in [-0.05, 0) is 30.2 Å². The number of nitrogens with two attached hydrogens (primary N) is 1. The van der Waals surface area contributed by atoms with Crippen LogP contribution in [0.5, 0.6) is 0 Å². The van der Waals surface area contributed by atoms with Crippen molar-refractivity contribution in [3.63, 3.8) is 0 Å². The minimum Gasteiger partial charge on any atom is -0.354 e. The van der Waals surface area contributed by atoms with E-state index in [9.17, 15) is 4.79 Å². The topological polar surface area (TPSA) is 55.1 Å². The van der Waals surface area contributed by atoms with Gasteiger partial charge >= 0.3 is 0 Å². The second kappa shape index (κ2) is 8.98. The third-order valence-corrected chi connectivity index (χ3v) is 4.33. The molecule has 0 aliphatic heterocycles. The largest absolute Gasteiger partial charge is 0.354 e. The molecule has 0 saturated heterocycles. The van der Waals surface area contributed by atoms with Crippen LogP contribution in [0.1, 0.15) is 51.6 Å². The Morgan fingerprint density at radius 1 is 1.15 bits per heavy atom. The summed E-state index contributed by atoms with van der Waals surface area (Å²) in [6.45, 7) is 7.23. The van der Waals surface area contributed by atoms with Crippen molar-refractivity contribution in [1.82, 2.24) is 5.32 Å². The van der Waals surface area contributed by atoms with E-state index in [4.69, 9.17) is 5.73 Å². The Morgan fingerprint density at radius 3 is 2.10 bits per heavy atom. The highest BCUT2D eigenvalue weighted by Gasteiger charge is 2.25. The standard InChI is InChI=1S/C16H26N2O.ClH/c1-4-16(5-2,6-3)12-18-15(19)14(17)13-10-8-7-9-11-13;/h7-11,14H,4-6,12,17H2,1-3H3,(H,18,19);1H. The summed E-state index contributed by atoms with van der Waals surface area (Å²) in [5, 5.41) is 3.01. The summed E-state index contributed by atoms with van der Waals surface area (Å²) < 4.78 is 0. The Morgan fingerprint density at radius 2 is 1.65 bits per heavy atom. The molecular weight excluding hydrogens is 272 g/mol. The van der Waals surface area contributed by atoms with Gasteiger partial charge in [0.15, 0.2) is 0 Å². The normalized spacial score (nSPS) is 12.4. The lowest BCUT2D eigenvalue weighted by molar-refractivity contribution is -0.123. The summed E-state index contributed by atoms with van der Waals surface area (Å²) in [6.07, 6.45) is 3.21. The van der Waals surface area contributed by atoms with Crippen molar-refractivity contribution in [2.24, 2.45) is 11.1 Å². The molecule has 3 nitrogen and oxygen atoms in total. The number of rotatable bonds is 7.